The van der Waals surface area contributed by atoms with Crippen molar-refractivity contribution in [2.75, 3.05) is 20.3 Å². The van der Waals surface area contributed by atoms with Crippen LogP contribution in [0.15, 0.2) is 48.5 Å². The molecule has 30 heavy (non-hydrogen) atoms. The second-order valence-electron chi connectivity index (χ2n) is 6.26. The minimum atomic E-state index is -4.40. The van der Waals surface area contributed by atoms with E-state index in [1.54, 1.807) is 32.2 Å². The zero-order chi connectivity index (χ0) is 21.7. The highest BCUT2D eigenvalue weighted by Gasteiger charge is 2.30. The van der Waals surface area contributed by atoms with Gasteiger partial charge in [0.25, 0.3) is 5.91 Å². The maximum atomic E-state index is 12.5. The zero-order valence-corrected chi connectivity index (χ0v) is 16.2. The van der Waals surface area contributed by atoms with E-state index in [4.69, 9.17) is 9.47 Å². The van der Waals surface area contributed by atoms with Gasteiger partial charge in [-0.05, 0) is 43.3 Å². The molecule has 0 aliphatic heterocycles. The van der Waals surface area contributed by atoms with Crippen molar-refractivity contribution >= 4 is 5.91 Å². The molecule has 7 nitrogen and oxygen atoms in total. The minimum absolute atomic E-state index is 0.0835. The summed E-state index contributed by atoms with van der Waals surface area (Å²) in [5, 5.41) is 10.6. The molecule has 3 aromatic rings. The second-order valence-corrected chi connectivity index (χ2v) is 6.26. The van der Waals surface area contributed by atoms with E-state index in [-0.39, 0.29) is 24.6 Å². The van der Waals surface area contributed by atoms with Gasteiger partial charge in [-0.15, -0.1) is 5.10 Å². The number of nitrogens with zero attached hydrogens (tertiary/aromatic N) is 3. The van der Waals surface area contributed by atoms with E-state index < -0.39 is 17.6 Å². The molecule has 0 saturated carbocycles. The number of methoxy groups -OCH3 is 1. The Morgan fingerprint density at radius 3 is 2.53 bits per heavy atom. The van der Waals surface area contributed by atoms with Crippen LogP contribution in [-0.2, 0) is 6.18 Å². The first kappa shape index (κ1) is 21.2. The van der Waals surface area contributed by atoms with Crippen LogP contribution in [0.2, 0.25) is 0 Å². The van der Waals surface area contributed by atoms with Crippen molar-refractivity contribution in [2.45, 2.75) is 13.1 Å². The number of rotatable bonds is 7. The van der Waals surface area contributed by atoms with Gasteiger partial charge in [0.2, 0.25) is 0 Å². The van der Waals surface area contributed by atoms with E-state index in [2.05, 4.69) is 15.6 Å². The largest absolute Gasteiger partial charge is 0.497 e. The Bertz CT molecular complexity index is 1020. The van der Waals surface area contributed by atoms with Crippen molar-refractivity contribution in [2.24, 2.45) is 0 Å². The molecule has 0 aliphatic rings. The Hall–Kier alpha value is -3.56. The highest BCUT2D eigenvalue weighted by Crippen LogP contribution is 2.30. The van der Waals surface area contributed by atoms with Crippen molar-refractivity contribution < 1.29 is 27.4 Å². The topological polar surface area (TPSA) is 78.3 Å². The molecular weight excluding hydrogens is 401 g/mol. The fourth-order valence-electron chi connectivity index (χ4n) is 2.68. The molecule has 0 bridgehead atoms. The molecule has 0 atom stereocenters. The Morgan fingerprint density at radius 1 is 1.13 bits per heavy atom. The average Bonchev–Trinajstić information content (AvgIpc) is 3.12. The van der Waals surface area contributed by atoms with Gasteiger partial charge in [0.1, 0.15) is 18.1 Å². The molecule has 0 unspecified atom stereocenters. The van der Waals surface area contributed by atoms with Crippen LogP contribution in [0.3, 0.4) is 0 Å². The molecule has 158 valence electrons. The van der Waals surface area contributed by atoms with Crippen LogP contribution < -0.4 is 14.8 Å². The van der Waals surface area contributed by atoms with E-state index in [0.717, 1.165) is 12.1 Å². The molecule has 0 saturated heterocycles. The molecular formula is C20H19F3N4O3. The number of hydrogen-bond donors (Lipinski definition) is 1. The Labute approximate surface area is 170 Å². The minimum Gasteiger partial charge on any atom is -0.497 e. The predicted molar refractivity (Wildman–Crippen MR) is 102 cm³/mol. The summed E-state index contributed by atoms with van der Waals surface area (Å²) >= 11 is 0. The molecule has 0 radical (unpaired) electrons. The number of carbonyl (C=O) groups is 1. The lowest BCUT2D eigenvalue weighted by Crippen LogP contribution is -2.29. The molecule has 0 aliphatic carbocycles. The molecule has 3 rings (SSSR count). The Morgan fingerprint density at radius 2 is 1.87 bits per heavy atom. The third kappa shape index (κ3) is 4.88. The number of halogens is 3. The molecule has 1 heterocycles. The van der Waals surface area contributed by atoms with Gasteiger partial charge in [-0.2, -0.15) is 13.2 Å². The first-order valence-corrected chi connectivity index (χ1v) is 8.94. The van der Waals surface area contributed by atoms with Crippen LogP contribution in [0, 0.1) is 6.92 Å². The molecule has 0 spiro atoms. The van der Waals surface area contributed by atoms with Crippen molar-refractivity contribution in [1.29, 1.82) is 0 Å². The molecule has 1 aromatic heterocycles. The van der Waals surface area contributed by atoms with Gasteiger partial charge >= 0.3 is 6.18 Å². The lowest BCUT2D eigenvalue weighted by Gasteiger charge is -2.10. The lowest BCUT2D eigenvalue weighted by atomic mass is 10.2. The number of alkyl halides is 3. The average molecular weight is 420 g/mol. The van der Waals surface area contributed by atoms with E-state index in [1.165, 1.54) is 16.8 Å². The summed E-state index contributed by atoms with van der Waals surface area (Å²) in [6.45, 7) is 1.94. The molecule has 1 amide bonds. The monoisotopic (exact) mass is 420 g/mol. The number of nitrogens with one attached hydrogen (secondary N) is 1. The van der Waals surface area contributed by atoms with E-state index >= 15 is 0 Å². The van der Waals surface area contributed by atoms with Crippen LogP contribution >= 0.6 is 0 Å². The quantitative estimate of drug-likeness (QED) is 0.593. The lowest BCUT2D eigenvalue weighted by molar-refractivity contribution is -0.137. The van der Waals surface area contributed by atoms with Gasteiger partial charge in [0, 0.05) is 6.07 Å². The predicted octanol–water partition coefficient (Wildman–Crippen LogP) is 3.41. The first-order chi connectivity index (χ1) is 14.3. The van der Waals surface area contributed by atoms with Crippen LogP contribution in [0.5, 0.6) is 11.5 Å². The third-order valence-corrected chi connectivity index (χ3v) is 4.25. The van der Waals surface area contributed by atoms with E-state index in [0.29, 0.717) is 17.1 Å². The van der Waals surface area contributed by atoms with Crippen LogP contribution in [0.4, 0.5) is 13.2 Å². The van der Waals surface area contributed by atoms with Gasteiger partial charge in [0.15, 0.2) is 5.69 Å². The van der Waals surface area contributed by atoms with Crippen molar-refractivity contribution in [3.8, 4) is 17.2 Å². The molecule has 2 aromatic carbocycles. The van der Waals surface area contributed by atoms with Crippen LogP contribution in [0.1, 0.15) is 21.7 Å². The number of amides is 1. The third-order valence-electron chi connectivity index (χ3n) is 4.25. The summed E-state index contributed by atoms with van der Waals surface area (Å²) in [7, 11) is 1.55. The fraction of sp³-hybridized carbons (Fsp3) is 0.250. The summed E-state index contributed by atoms with van der Waals surface area (Å²) in [5.74, 6) is 0.490. The van der Waals surface area contributed by atoms with Gasteiger partial charge in [-0.3, -0.25) is 4.79 Å². The van der Waals surface area contributed by atoms with Crippen molar-refractivity contribution in [1.82, 2.24) is 20.3 Å². The highest BCUT2D eigenvalue weighted by atomic mass is 19.4. The first-order valence-electron chi connectivity index (χ1n) is 8.94. The summed E-state index contributed by atoms with van der Waals surface area (Å²) in [6.07, 6.45) is -4.40. The van der Waals surface area contributed by atoms with Gasteiger partial charge in [-0.25, -0.2) is 4.68 Å². The van der Waals surface area contributed by atoms with E-state index in [1.807, 2.05) is 6.07 Å². The van der Waals surface area contributed by atoms with Gasteiger partial charge in [0.05, 0.1) is 30.6 Å². The molecule has 0 fully saturated rings. The van der Waals surface area contributed by atoms with E-state index in [9.17, 15) is 18.0 Å². The Kier molecular flexibility index (Phi) is 6.24. The SMILES string of the molecule is COc1cccc(-n2nnc(C(=O)NCCOc3ccc(C(F)(F)F)cc3)c2C)c1. The second kappa shape index (κ2) is 8.85. The van der Waals surface area contributed by atoms with Crippen LogP contribution in [-0.4, -0.2) is 41.2 Å². The molecule has 10 heteroatoms. The fourth-order valence-corrected chi connectivity index (χ4v) is 2.68. The van der Waals surface area contributed by atoms with Crippen LogP contribution in [0.25, 0.3) is 5.69 Å². The number of benzene rings is 2. The number of hydrogen-bond acceptors (Lipinski definition) is 5. The molecule has 1 N–H and O–H groups in total. The van der Waals surface area contributed by atoms with Crippen molar-refractivity contribution in [3.63, 3.8) is 0 Å². The Balaban J connectivity index is 1.55. The smallest absolute Gasteiger partial charge is 0.416 e. The summed E-state index contributed by atoms with van der Waals surface area (Å²) < 4.78 is 49.7. The number of carbonyl (C=O) groups excluding carboxylic acids is 1. The zero-order valence-electron chi connectivity index (χ0n) is 16.2. The van der Waals surface area contributed by atoms with Gasteiger partial charge in [-0.1, -0.05) is 11.3 Å². The summed E-state index contributed by atoms with van der Waals surface area (Å²) in [4.78, 5) is 12.4. The normalized spacial score (nSPS) is 11.2. The maximum Gasteiger partial charge on any atom is 0.416 e. The maximum absolute atomic E-state index is 12.5. The number of aromatic nitrogens is 3. The number of ether oxygens (including phenoxy) is 2. The standard InChI is InChI=1S/C20H19F3N4O3/c1-13-18(25-26-27(13)15-4-3-5-17(12-15)29-2)19(28)24-10-11-30-16-8-6-14(7-9-16)20(21,22)23/h3-9,12H,10-11H2,1-2H3,(H,24,28). The van der Waals surface area contributed by atoms with Crippen molar-refractivity contribution in [3.05, 3.63) is 65.5 Å². The summed E-state index contributed by atoms with van der Waals surface area (Å²) in [5.41, 5.74) is 0.651. The van der Waals surface area contributed by atoms with Gasteiger partial charge < -0.3 is 14.8 Å². The summed E-state index contributed by atoms with van der Waals surface area (Å²) in [6, 6.07) is 11.5. The highest BCUT2D eigenvalue weighted by molar-refractivity contribution is 5.93.